The van der Waals surface area contributed by atoms with Gasteiger partial charge in [-0.05, 0) is 57.2 Å². The number of nitrogens with one attached hydrogen (secondary N) is 1. The molecule has 1 saturated heterocycles. The fraction of sp³-hybridized carbons (Fsp3) is 0.609. The number of H-pyrrole nitrogens is 1. The van der Waals surface area contributed by atoms with E-state index >= 15 is 0 Å². The summed E-state index contributed by atoms with van der Waals surface area (Å²) in [5.74, 6) is 1.16. The third-order valence-electron chi connectivity index (χ3n) is 7.51. The summed E-state index contributed by atoms with van der Waals surface area (Å²) in [6.07, 6.45) is 5.35. The molecular weight excluding hydrogens is 394 g/mol. The number of rotatable bonds is 7. The SMILES string of the molecule is [C-]#[N+]CCN(C)C1(C2CCN(c3ccc4c(=O)[nH]c(=O)n(C5CC5)c4c3OC)C2)CC1. The molecule has 2 aliphatic carbocycles. The molecule has 0 bridgehead atoms. The van der Waals surface area contributed by atoms with E-state index in [1.807, 2.05) is 12.1 Å². The first-order valence-electron chi connectivity index (χ1n) is 11.1. The second kappa shape index (κ2) is 7.41. The van der Waals surface area contributed by atoms with Gasteiger partial charge in [-0.3, -0.25) is 19.2 Å². The average Bonchev–Trinajstić information content (AvgIpc) is 3.70. The number of aromatic nitrogens is 2. The van der Waals surface area contributed by atoms with Crippen molar-refractivity contribution in [3.05, 3.63) is 44.4 Å². The maximum absolute atomic E-state index is 12.6. The molecule has 1 aromatic heterocycles. The molecule has 164 valence electrons. The quantitative estimate of drug-likeness (QED) is 0.692. The van der Waals surface area contributed by atoms with Gasteiger partial charge in [0.1, 0.15) is 5.52 Å². The van der Waals surface area contributed by atoms with E-state index in [1.165, 1.54) is 12.8 Å². The molecule has 0 radical (unpaired) electrons. The van der Waals surface area contributed by atoms with Crippen molar-refractivity contribution in [3.8, 4) is 5.75 Å². The molecule has 3 fully saturated rings. The highest BCUT2D eigenvalue weighted by molar-refractivity contribution is 5.90. The van der Waals surface area contributed by atoms with Crippen LogP contribution in [0.4, 0.5) is 5.69 Å². The molecule has 0 amide bonds. The Labute approximate surface area is 181 Å². The van der Waals surface area contributed by atoms with Gasteiger partial charge in [0.05, 0.1) is 24.7 Å². The van der Waals surface area contributed by atoms with E-state index in [9.17, 15) is 9.59 Å². The van der Waals surface area contributed by atoms with E-state index in [-0.39, 0.29) is 22.8 Å². The number of hydrogen-bond acceptors (Lipinski definition) is 5. The van der Waals surface area contributed by atoms with Gasteiger partial charge in [0.15, 0.2) is 5.75 Å². The molecule has 1 aromatic carbocycles. The van der Waals surface area contributed by atoms with Crippen molar-refractivity contribution in [2.24, 2.45) is 5.92 Å². The molecule has 31 heavy (non-hydrogen) atoms. The standard InChI is InChI=1S/C23H29N5O3/c1-24-11-13-26(2)23(9-10-23)15-8-12-27(14-15)18-7-6-17-19(20(18)31-3)28(16-4-5-16)22(30)25-21(17)29/h6-7,15-16H,4-5,8-14H2,2-3H3,(H,25,29,30). The van der Waals surface area contributed by atoms with Crippen molar-refractivity contribution in [3.63, 3.8) is 0 Å². The normalized spacial score (nSPS) is 22.1. The van der Waals surface area contributed by atoms with Gasteiger partial charge in [-0.25, -0.2) is 11.4 Å². The van der Waals surface area contributed by atoms with E-state index in [2.05, 4.69) is 26.7 Å². The number of likely N-dealkylation sites (N-methyl/N-ethyl adjacent to an activating group) is 1. The Hall–Kier alpha value is -2.79. The molecule has 0 spiro atoms. The molecule has 1 atom stereocenters. The summed E-state index contributed by atoms with van der Waals surface area (Å²) in [5, 5.41) is 0.500. The van der Waals surface area contributed by atoms with Crippen LogP contribution in [0.1, 0.15) is 38.1 Å². The second-order valence-corrected chi connectivity index (χ2v) is 9.21. The van der Waals surface area contributed by atoms with Crippen molar-refractivity contribution in [1.82, 2.24) is 14.5 Å². The molecule has 5 rings (SSSR count). The number of benzene rings is 1. The fourth-order valence-corrected chi connectivity index (χ4v) is 5.51. The van der Waals surface area contributed by atoms with Gasteiger partial charge in [0.2, 0.25) is 6.54 Å². The Morgan fingerprint density at radius 1 is 1.29 bits per heavy atom. The Morgan fingerprint density at radius 3 is 2.71 bits per heavy atom. The van der Waals surface area contributed by atoms with Gasteiger partial charge < -0.3 is 14.5 Å². The minimum Gasteiger partial charge on any atom is -0.492 e. The van der Waals surface area contributed by atoms with Crippen molar-refractivity contribution in [2.75, 3.05) is 45.2 Å². The smallest absolute Gasteiger partial charge is 0.329 e. The molecule has 2 heterocycles. The van der Waals surface area contributed by atoms with Crippen LogP contribution in [0.2, 0.25) is 0 Å². The maximum atomic E-state index is 12.6. The summed E-state index contributed by atoms with van der Waals surface area (Å²) in [5.41, 5.74) is 1.07. The maximum Gasteiger partial charge on any atom is 0.329 e. The molecule has 1 aliphatic heterocycles. The Kier molecular flexibility index (Phi) is 4.82. The Bertz CT molecular complexity index is 1170. The van der Waals surface area contributed by atoms with E-state index in [4.69, 9.17) is 11.3 Å². The van der Waals surface area contributed by atoms with E-state index in [0.29, 0.717) is 29.1 Å². The van der Waals surface area contributed by atoms with Gasteiger partial charge in [0, 0.05) is 24.7 Å². The number of anilines is 1. The third kappa shape index (κ3) is 3.23. The number of nitrogens with zero attached hydrogens (tertiary/aromatic N) is 4. The first-order chi connectivity index (χ1) is 15.0. The zero-order valence-corrected chi connectivity index (χ0v) is 18.2. The predicted molar refractivity (Wildman–Crippen MR) is 120 cm³/mol. The number of ether oxygens (including phenoxy) is 1. The molecular formula is C23H29N5O3. The predicted octanol–water partition coefficient (Wildman–Crippen LogP) is 2.24. The first kappa shape index (κ1) is 20.1. The van der Waals surface area contributed by atoms with Crippen LogP contribution >= 0.6 is 0 Å². The van der Waals surface area contributed by atoms with E-state index in [1.54, 1.807) is 11.7 Å². The Morgan fingerprint density at radius 2 is 2.06 bits per heavy atom. The van der Waals surface area contributed by atoms with E-state index < -0.39 is 0 Å². The van der Waals surface area contributed by atoms with Crippen LogP contribution in [0.3, 0.4) is 0 Å². The van der Waals surface area contributed by atoms with Crippen LogP contribution in [-0.2, 0) is 0 Å². The summed E-state index contributed by atoms with van der Waals surface area (Å²) >= 11 is 0. The topological polar surface area (TPSA) is 74.9 Å². The molecule has 8 nitrogen and oxygen atoms in total. The minimum absolute atomic E-state index is 0.133. The van der Waals surface area contributed by atoms with Gasteiger partial charge in [-0.15, -0.1) is 0 Å². The second-order valence-electron chi connectivity index (χ2n) is 9.21. The summed E-state index contributed by atoms with van der Waals surface area (Å²) in [4.78, 5) is 35.8. The minimum atomic E-state index is -0.362. The van der Waals surface area contributed by atoms with Gasteiger partial charge in [-0.2, -0.15) is 0 Å². The molecule has 1 unspecified atom stereocenters. The zero-order chi connectivity index (χ0) is 21.8. The number of hydrogen-bond donors (Lipinski definition) is 1. The van der Waals surface area contributed by atoms with Crippen molar-refractivity contribution < 1.29 is 4.74 Å². The lowest BCUT2D eigenvalue weighted by molar-refractivity contribution is 0.168. The summed E-state index contributed by atoms with van der Waals surface area (Å²) in [7, 11) is 3.77. The summed E-state index contributed by atoms with van der Waals surface area (Å²) in [6, 6.07) is 3.92. The number of fused-ring (bicyclic) bond motifs is 1. The average molecular weight is 424 g/mol. The molecule has 1 N–H and O–H groups in total. The molecule has 8 heteroatoms. The van der Waals surface area contributed by atoms with Crippen LogP contribution in [0, 0.1) is 12.5 Å². The zero-order valence-electron chi connectivity index (χ0n) is 18.2. The number of methoxy groups -OCH3 is 1. The van der Waals surface area contributed by atoms with Crippen molar-refractivity contribution >= 4 is 16.6 Å². The van der Waals surface area contributed by atoms with Crippen molar-refractivity contribution in [1.29, 1.82) is 0 Å². The van der Waals surface area contributed by atoms with Gasteiger partial charge in [-0.1, -0.05) is 0 Å². The molecule has 2 aromatic rings. The van der Waals surface area contributed by atoms with E-state index in [0.717, 1.165) is 44.6 Å². The van der Waals surface area contributed by atoms with Gasteiger partial charge in [0.25, 0.3) is 5.56 Å². The highest BCUT2D eigenvalue weighted by Crippen LogP contribution is 2.51. The van der Waals surface area contributed by atoms with Crippen molar-refractivity contribution in [2.45, 2.75) is 43.7 Å². The highest BCUT2D eigenvalue weighted by atomic mass is 16.5. The Balaban J connectivity index is 1.50. The van der Waals surface area contributed by atoms with Crippen LogP contribution in [-0.4, -0.2) is 60.3 Å². The van der Waals surface area contributed by atoms with Crippen LogP contribution in [0.5, 0.6) is 5.75 Å². The summed E-state index contributed by atoms with van der Waals surface area (Å²) in [6.45, 7) is 10.3. The third-order valence-corrected chi connectivity index (χ3v) is 7.51. The summed E-state index contributed by atoms with van der Waals surface area (Å²) < 4.78 is 7.55. The lowest BCUT2D eigenvalue weighted by Gasteiger charge is -2.32. The number of aromatic amines is 1. The molecule has 3 aliphatic rings. The highest BCUT2D eigenvalue weighted by Gasteiger charge is 2.54. The lowest BCUT2D eigenvalue weighted by atomic mass is 9.95. The van der Waals surface area contributed by atoms with Crippen LogP contribution in [0.15, 0.2) is 21.7 Å². The largest absolute Gasteiger partial charge is 0.492 e. The molecule has 2 saturated carbocycles. The monoisotopic (exact) mass is 423 g/mol. The lowest BCUT2D eigenvalue weighted by Crippen LogP contribution is -2.42. The van der Waals surface area contributed by atoms with Crippen LogP contribution in [0.25, 0.3) is 15.7 Å². The first-order valence-corrected chi connectivity index (χ1v) is 11.1. The van der Waals surface area contributed by atoms with Crippen LogP contribution < -0.4 is 20.9 Å². The fourth-order valence-electron chi connectivity index (χ4n) is 5.51. The van der Waals surface area contributed by atoms with Gasteiger partial charge >= 0.3 is 5.69 Å².